The molecule has 2 rings (SSSR count). The summed E-state index contributed by atoms with van der Waals surface area (Å²) < 4.78 is 6.73. The second kappa shape index (κ2) is 10.4. The van der Waals surface area contributed by atoms with Crippen molar-refractivity contribution in [3.8, 4) is 5.82 Å². The number of rotatable bonds is 9. The number of aryl methyl sites for hydroxylation is 2. The largest absolute Gasteiger partial charge is 0.451 e. The zero-order valence-electron chi connectivity index (χ0n) is 17.7. The highest BCUT2D eigenvalue weighted by atomic mass is 35.5. The molecular weight excluding hydrogens is 392 g/mol. The van der Waals surface area contributed by atoms with E-state index in [2.05, 4.69) is 29.2 Å². The molecule has 0 aliphatic rings. The van der Waals surface area contributed by atoms with Gasteiger partial charge >= 0.3 is 5.97 Å². The third-order valence-electron chi connectivity index (χ3n) is 4.41. The Morgan fingerprint density at radius 3 is 2.55 bits per heavy atom. The predicted molar refractivity (Wildman–Crippen MR) is 112 cm³/mol. The van der Waals surface area contributed by atoms with E-state index < -0.39 is 5.97 Å². The summed E-state index contributed by atoms with van der Waals surface area (Å²) in [5, 5.41) is 7.34. The van der Waals surface area contributed by atoms with Gasteiger partial charge in [0.15, 0.2) is 18.1 Å². The van der Waals surface area contributed by atoms with Gasteiger partial charge in [-0.3, -0.25) is 4.79 Å². The molecule has 0 aromatic carbocycles. The molecule has 0 bridgehead atoms. The van der Waals surface area contributed by atoms with Crippen molar-refractivity contribution in [3.05, 3.63) is 40.3 Å². The average molecular weight is 421 g/mol. The summed E-state index contributed by atoms with van der Waals surface area (Å²) in [7, 11) is 0. The summed E-state index contributed by atoms with van der Waals surface area (Å²) in [6.07, 6.45) is 3.04. The van der Waals surface area contributed by atoms with Crippen molar-refractivity contribution in [1.82, 2.24) is 20.1 Å². The lowest BCUT2D eigenvalue weighted by molar-refractivity contribution is -0.124. The van der Waals surface area contributed by atoms with Gasteiger partial charge in [-0.05, 0) is 51.3 Å². The molecule has 0 fully saturated rings. The van der Waals surface area contributed by atoms with E-state index in [0.717, 1.165) is 30.7 Å². The normalized spacial score (nSPS) is 12.1. The maximum absolute atomic E-state index is 12.4. The van der Waals surface area contributed by atoms with E-state index in [1.165, 1.54) is 0 Å². The minimum absolute atomic E-state index is 0.0241. The maximum Gasteiger partial charge on any atom is 0.359 e. The molecule has 158 valence electrons. The van der Waals surface area contributed by atoms with Crippen LogP contribution in [0.15, 0.2) is 18.2 Å². The fraction of sp³-hybridized carbons (Fsp3) is 0.524. The minimum Gasteiger partial charge on any atom is -0.451 e. The molecule has 8 heteroatoms. The highest BCUT2D eigenvalue weighted by Gasteiger charge is 2.18. The lowest BCUT2D eigenvalue weighted by Crippen LogP contribution is -2.36. The van der Waals surface area contributed by atoms with E-state index in [1.807, 2.05) is 26.8 Å². The first-order chi connectivity index (χ1) is 13.7. The summed E-state index contributed by atoms with van der Waals surface area (Å²) in [4.78, 5) is 28.7. The van der Waals surface area contributed by atoms with Gasteiger partial charge in [-0.2, -0.15) is 5.10 Å². The number of esters is 1. The Morgan fingerprint density at radius 1 is 1.21 bits per heavy atom. The number of ether oxygens (including phenoxy) is 1. The molecule has 0 saturated carbocycles. The number of nitrogens with one attached hydrogen (secondary N) is 1. The molecule has 0 aliphatic heterocycles. The van der Waals surface area contributed by atoms with E-state index in [0.29, 0.717) is 11.7 Å². The van der Waals surface area contributed by atoms with Crippen molar-refractivity contribution in [2.24, 2.45) is 5.92 Å². The van der Waals surface area contributed by atoms with Crippen LogP contribution in [0, 0.1) is 19.8 Å². The van der Waals surface area contributed by atoms with Crippen LogP contribution >= 0.6 is 11.6 Å². The quantitative estimate of drug-likeness (QED) is 0.619. The molecule has 1 amide bonds. The van der Waals surface area contributed by atoms with Gasteiger partial charge in [0.1, 0.15) is 0 Å². The summed E-state index contributed by atoms with van der Waals surface area (Å²) in [5.41, 5.74) is 1.67. The SMILES string of the molecule is Cc1cc(C)n(-c2ccc(Cl)c(C(=O)OCC(=O)NC(C)CCCC(C)C)n2)n1. The molecule has 1 N–H and O–H groups in total. The summed E-state index contributed by atoms with van der Waals surface area (Å²) >= 11 is 6.11. The van der Waals surface area contributed by atoms with E-state index in [1.54, 1.807) is 16.8 Å². The first-order valence-electron chi connectivity index (χ1n) is 9.84. The molecule has 2 aromatic heterocycles. The van der Waals surface area contributed by atoms with Crippen LogP contribution in [0.2, 0.25) is 5.02 Å². The van der Waals surface area contributed by atoms with Crippen LogP contribution in [0.1, 0.15) is 61.9 Å². The lowest BCUT2D eigenvalue weighted by Gasteiger charge is -2.14. The highest BCUT2D eigenvalue weighted by Crippen LogP contribution is 2.18. The van der Waals surface area contributed by atoms with Crippen LogP contribution in [-0.4, -0.2) is 39.3 Å². The molecule has 0 aliphatic carbocycles. The first-order valence-corrected chi connectivity index (χ1v) is 10.2. The van der Waals surface area contributed by atoms with Crippen LogP contribution in [0.5, 0.6) is 0 Å². The van der Waals surface area contributed by atoms with E-state index in [-0.39, 0.29) is 29.3 Å². The standard InChI is InChI=1S/C21H29ClN4O3/c1-13(2)7-6-8-14(3)23-19(27)12-29-21(28)20-17(22)9-10-18(24-20)26-16(5)11-15(4)25-26/h9-11,13-14H,6-8,12H2,1-5H3,(H,23,27). The molecule has 2 aromatic rings. The Balaban J connectivity index is 1.94. The van der Waals surface area contributed by atoms with Crippen LogP contribution in [0.25, 0.3) is 5.82 Å². The maximum atomic E-state index is 12.4. The number of hydrogen-bond acceptors (Lipinski definition) is 5. The van der Waals surface area contributed by atoms with E-state index in [9.17, 15) is 9.59 Å². The van der Waals surface area contributed by atoms with Crippen molar-refractivity contribution < 1.29 is 14.3 Å². The van der Waals surface area contributed by atoms with E-state index >= 15 is 0 Å². The second-order valence-electron chi connectivity index (χ2n) is 7.71. The third-order valence-corrected chi connectivity index (χ3v) is 4.72. The van der Waals surface area contributed by atoms with Gasteiger partial charge in [0.05, 0.1) is 10.7 Å². The number of carbonyl (C=O) groups is 2. The smallest absolute Gasteiger partial charge is 0.359 e. The lowest BCUT2D eigenvalue weighted by atomic mass is 10.0. The fourth-order valence-electron chi connectivity index (χ4n) is 2.97. The van der Waals surface area contributed by atoms with Crippen molar-refractivity contribution in [2.75, 3.05) is 6.61 Å². The second-order valence-corrected chi connectivity index (χ2v) is 8.12. The number of hydrogen-bond donors (Lipinski definition) is 1. The molecule has 29 heavy (non-hydrogen) atoms. The number of pyridine rings is 1. The topological polar surface area (TPSA) is 86.1 Å². The van der Waals surface area contributed by atoms with Crippen molar-refractivity contribution in [1.29, 1.82) is 0 Å². The molecule has 0 spiro atoms. The molecule has 2 heterocycles. The molecule has 0 radical (unpaired) electrons. The van der Waals surface area contributed by atoms with Crippen LogP contribution in [0.4, 0.5) is 0 Å². The number of carbonyl (C=O) groups excluding carboxylic acids is 2. The fourth-order valence-corrected chi connectivity index (χ4v) is 3.16. The van der Waals surface area contributed by atoms with Gasteiger partial charge in [-0.15, -0.1) is 0 Å². The number of halogens is 1. The van der Waals surface area contributed by atoms with Crippen LogP contribution in [0.3, 0.4) is 0 Å². The Labute approximate surface area is 176 Å². The summed E-state index contributed by atoms with van der Waals surface area (Å²) in [6.45, 7) is 9.67. The summed E-state index contributed by atoms with van der Waals surface area (Å²) in [6, 6.07) is 5.16. The minimum atomic E-state index is -0.749. The zero-order chi connectivity index (χ0) is 21.6. The average Bonchev–Trinajstić information content (AvgIpc) is 2.98. The van der Waals surface area contributed by atoms with Crippen molar-refractivity contribution >= 4 is 23.5 Å². The molecule has 1 atom stereocenters. The zero-order valence-corrected chi connectivity index (χ0v) is 18.4. The van der Waals surface area contributed by atoms with Crippen molar-refractivity contribution in [3.63, 3.8) is 0 Å². The van der Waals surface area contributed by atoms with Crippen LogP contribution < -0.4 is 5.32 Å². The van der Waals surface area contributed by atoms with Crippen molar-refractivity contribution in [2.45, 2.75) is 59.9 Å². The Morgan fingerprint density at radius 2 is 1.93 bits per heavy atom. The molecule has 0 saturated heterocycles. The number of nitrogens with zero attached hydrogens (tertiary/aromatic N) is 3. The monoisotopic (exact) mass is 420 g/mol. The Kier molecular flexibility index (Phi) is 8.20. The number of amides is 1. The molecule has 1 unspecified atom stereocenters. The highest BCUT2D eigenvalue weighted by molar-refractivity contribution is 6.33. The predicted octanol–water partition coefficient (Wildman–Crippen LogP) is 4.03. The van der Waals surface area contributed by atoms with E-state index in [4.69, 9.17) is 16.3 Å². The Hall–Kier alpha value is -2.41. The molecule has 7 nitrogen and oxygen atoms in total. The Bertz CT molecular complexity index is 864. The summed E-state index contributed by atoms with van der Waals surface area (Å²) in [5.74, 6) is -0.00120. The van der Waals surface area contributed by atoms with Gasteiger partial charge < -0.3 is 10.1 Å². The van der Waals surface area contributed by atoms with Gasteiger partial charge in [-0.25, -0.2) is 14.5 Å². The van der Waals surface area contributed by atoms with Gasteiger partial charge in [0.25, 0.3) is 5.91 Å². The van der Waals surface area contributed by atoms with Crippen LogP contribution in [-0.2, 0) is 9.53 Å². The third kappa shape index (κ3) is 6.85. The first kappa shape index (κ1) is 22.9. The molecular formula is C21H29ClN4O3. The number of aromatic nitrogens is 3. The van der Waals surface area contributed by atoms with Gasteiger partial charge in [-0.1, -0.05) is 38.3 Å². The van der Waals surface area contributed by atoms with Gasteiger partial charge in [0.2, 0.25) is 0 Å². The van der Waals surface area contributed by atoms with Gasteiger partial charge in [0, 0.05) is 11.7 Å².